The summed E-state index contributed by atoms with van der Waals surface area (Å²) in [6.07, 6.45) is 3.15. The van der Waals surface area contributed by atoms with Crippen molar-refractivity contribution in [3.05, 3.63) is 35.9 Å². The third-order valence-electron chi connectivity index (χ3n) is 6.98. The molecule has 2 unspecified atom stereocenters. The number of esters is 1. The van der Waals surface area contributed by atoms with Gasteiger partial charge in [-0.05, 0) is 43.4 Å². The highest BCUT2D eigenvalue weighted by Crippen LogP contribution is 2.50. The van der Waals surface area contributed by atoms with Crippen molar-refractivity contribution in [1.82, 2.24) is 4.90 Å². The van der Waals surface area contributed by atoms with E-state index in [1.807, 2.05) is 0 Å². The molecule has 3 aliphatic heterocycles. The molecule has 1 aromatic carbocycles. The lowest BCUT2D eigenvalue weighted by Crippen LogP contribution is -2.58. The van der Waals surface area contributed by atoms with Crippen LogP contribution in [0.15, 0.2) is 30.4 Å². The summed E-state index contributed by atoms with van der Waals surface area (Å²) in [5.41, 5.74) is 3.16. The fourth-order valence-electron chi connectivity index (χ4n) is 5.60. The highest BCUT2D eigenvalue weighted by molar-refractivity contribution is 5.88. The van der Waals surface area contributed by atoms with E-state index in [1.54, 1.807) is 7.11 Å². The topological polar surface area (TPSA) is 50.8 Å². The Morgan fingerprint density at radius 1 is 1.37 bits per heavy atom. The molecule has 27 heavy (non-hydrogen) atoms. The van der Waals surface area contributed by atoms with Crippen molar-refractivity contribution in [2.45, 2.75) is 44.2 Å². The number of hydrogen-bond donors (Lipinski definition) is 1. The first-order valence-corrected chi connectivity index (χ1v) is 10.0. The van der Waals surface area contributed by atoms with Gasteiger partial charge in [0.1, 0.15) is 5.75 Å². The molecule has 0 amide bonds. The minimum absolute atomic E-state index is 0.190. The van der Waals surface area contributed by atoms with E-state index < -0.39 is 0 Å². The molecule has 5 heteroatoms. The van der Waals surface area contributed by atoms with Gasteiger partial charge in [0.15, 0.2) is 0 Å². The quantitative estimate of drug-likeness (QED) is 0.650. The molecule has 2 fully saturated rings. The predicted molar refractivity (Wildman–Crippen MR) is 106 cm³/mol. The van der Waals surface area contributed by atoms with Gasteiger partial charge in [-0.2, -0.15) is 0 Å². The number of methoxy groups -OCH3 is 2. The largest absolute Gasteiger partial charge is 0.496 e. The van der Waals surface area contributed by atoms with Crippen molar-refractivity contribution in [1.29, 1.82) is 0 Å². The highest BCUT2D eigenvalue weighted by atomic mass is 16.5. The van der Waals surface area contributed by atoms with E-state index in [2.05, 4.69) is 41.9 Å². The Morgan fingerprint density at radius 2 is 2.19 bits per heavy atom. The lowest BCUT2D eigenvalue weighted by molar-refractivity contribution is -0.137. The summed E-state index contributed by atoms with van der Waals surface area (Å²) >= 11 is 0. The smallest absolute Gasteiger partial charge is 0.333 e. The molecule has 3 aliphatic rings. The van der Waals surface area contributed by atoms with Gasteiger partial charge in [-0.1, -0.05) is 26.0 Å². The van der Waals surface area contributed by atoms with E-state index in [4.69, 9.17) is 9.47 Å². The van der Waals surface area contributed by atoms with Crippen molar-refractivity contribution in [2.75, 3.05) is 32.6 Å². The van der Waals surface area contributed by atoms with E-state index >= 15 is 0 Å². The van der Waals surface area contributed by atoms with Gasteiger partial charge >= 0.3 is 5.97 Å². The Kier molecular flexibility index (Phi) is 4.89. The highest BCUT2D eigenvalue weighted by Gasteiger charge is 2.49. The molecule has 146 valence electrons. The molecule has 0 aromatic heterocycles. The van der Waals surface area contributed by atoms with Crippen LogP contribution in [-0.2, 0) is 9.53 Å². The minimum atomic E-state index is -0.261. The van der Waals surface area contributed by atoms with Gasteiger partial charge in [0, 0.05) is 41.4 Å². The number of carbonyl (C=O) groups is 1. The average Bonchev–Trinajstić information content (AvgIpc) is 3.10. The zero-order chi connectivity index (χ0) is 19.1. The van der Waals surface area contributed by atoms with Crippen molar-refractivity contribution >= 4 is 11.7 Å². The Balaban J connectivity index is 1.62. The second kappa shape index (κ2) is 7.19. The first kappa shape index (κ1) is 18.4. The summed E-state index contributed by atoms with van der Waals surface area (Å²) in [4.78, 5) is 14.8. The molecule has 0 spiro atoms. The molecule has 4 rings (SSSR count). The average molecular weight is 370 g/mol. The van der Waals surface area contributed by atoms with Crippen LogP contribution in [0.4, 0.5) is 5.69 Å². The third-order valence-corrected chi connectivity index (χ3v) is 6.98. The summed E-state index contributed by atoms with van der Waals surface area (Å²) < 4.78 is 10.6. The lowest BCUT2D eigenvalue weighted by Gasteiger charge is -2.50. The Labute approximate surface area is 161 Å². The van der Waals surface area contributed by atoms with E-state index in [-0.39, 0.29) is 11.9 Å². The number of fused-ring (bicyclic) bond motifs is 5. The Bertz CT molecular complexity index is 747. The SMILES string of the molecule is C=C(C(=O)OC)[C@H]1C[C@H]2C3Nc4cccc(OC)c4C3CCN2C[C@H]1CC. The molecule has 5 atom stereocenters. The van der Waals surface area contributed by atoms with Crippen LogP contribution in [0.25, 0.3) is 0 Å². The zero-order valence-electron chi connectivity index (χ0n) is 16.5. The predicted octanol–water partition coefficient (Wildman–Crippen LogP) is 3.42. The first-order chi connectivity index (χ1) is 13.1. The van der Waals surface area contributed by atoms with Gasteiger partial charge in [-0.3, -0.25) is 4.90 Å². The Morgan fingerprint density at radius 3 is 2.89 bits per heavy atom. The van der Waals surface area contributed by atoms with Gasteiger partial charge in [0.05, 0.1) is 14.2 Å². The number of anilines is 1. The minimum Gasteiger partial charge on any atom is -0.496 e. The molecule has 0 aliphatic carbocycles. The monoisotopic (exact) mass is 370 g/mol. The van der Waals surface area contributed by atoms with Crippen molar-refractivity contribution < 1.29 is 14.3 Å². The molecular weight excluding hydrogens is 340 g/mol. The van der Waals surface area contributed by atoms with E-state index in [9.17, 15) is 4.79 Å². The number of nitrogens with zero attached hydrogens (tertiary/aromatic N) is 1. The number of piperidine rings is 2. The van der Waals surface area contributed by atoms with Crippen LogP contribution < -0.4 is 10.1 Å². The standard InChI is InChI=1S/C22H30N2O3/c1-5-14-12-24-10-9-15-20-17(7-6-8-19(20)26-3)23-21(15)18(24)11-16(14)13(2)22(25)27-4/h6-8,14-16,18,21,23H,2,5,9-12H2,1,3-4H3/t14-,15?,16-,18+,21?/m1/s1. The summed E-state index contributed by atoms with van der Waals surface area (Å²) in [6.45, 7) is 8.44. The van der Waals surface area contributed by atoms with E-state index in [0.717, 1.165) is 38.1 Å². The molecule has 3 heterocycles. The van der Waals surface area contributed by atoms with Gasteiger partial charge in [0.25, 0.3) is 0 Å². The number of hydrogen-bond acceptors (Lipinski definition) is 5. The van der Waals surface area contributed by atoms with E-state index in [0.29, 0.717) is 29.5 Å². The fraction of sp³-hybridized carbons (Fsp3) is 0.591. The zero-order valence-corrected chi connectivity index (χ0v) is 16.5. The van der Waals surface area contributed by atoms with Crippen LogP contribution in [-0.4, -0.2) is 50.3 Å². The van der Waals surface area contributed by atoms with Crippen LogP contribution in [0.3, 0.4) is 0 Å². The van der Waals surface area contributed by atoms with Crippen molar-refractivity contribution in [3.63, 3.8) is 0 Å². The fourth-order valence-corrected chi connectivity index (χ4v) is 5.60. The summed E-state index contributed by atoms with van der Waals surface area (Å²) in [5, 5.41) is 3.78. The summed E-state index contributed by atoms with van der Waals surface area (Å²) in [6, 6.07) is 7.02. The number of benzene rings is 1. The van der Waals surface area contributed by atoms with E-state index in [1.165, 1.54) is 18.4 Å². The van der Waals surface area contributed by atoms with Gasteiger partial charge in [-0.25, -0.2) is 4.79 Å². The molecule has 1 aromatic rings. The number of nitrogens with one attached hydrogen (secondary N) is 1. The van der Waals surface area contributed by atoms with Crippen LogP contribution in [0.5, 0.6) is 5.75 Å². The maximum absolute atomic E-state index is 12.2. The van der Waals surface area contributed by atoms with Crippen molar-refractivity contribution in [2.24, 2.45) is 11.8 Å². The number of ether oxygens (including phenoxy) is 2. The van der Waals surface area contributed by atoms with Crippen LogP contribution in [0.1, 0.15) is 37.7 Å². The maximum Gasteiger partial charge on any atom is 0.333 e. The maximum atomic E-state index is 12.2. The molecule has 5 nitrogen and oxygen atoms in total. The molecule has 0 saturated carbocycles. The van der Waals surface area contributed by atoms with Crippen LogP contribution in [0.2, 0.25) is 0 Å². The molecule has 1 N–H and O–H groups in total. The summed E-state index contributed by atoms with van der Waals surface area (Å²) in [7, 11) is 3.20. The third kappa shape index (κ3) is 2.92. The van der Waals surface area contributed by atoms with Gasteiger partial charge in [0.2, 0.25) is 0 Å². The second-order valence-corrected chi connectivity index (χ2v) is 8.08. The second-order valence-electron chi connectivity index (χ2n) is 8.08. The lowest BCUT2D eigenvalue weighted by atomic mass is 9.71. The van der Waals surface area contributed by atoms with Crippen LogP contribution in [0, 0.1) is 11.8 Å². The molecule has 0 bridgehead atoms. The molecular formula is C22H30N2O3. The van der Waals surface area contributed by atoms with Gasteiger partial charge < -0.3 is 14.8 Å². The summed E-state index contributed by atoms with van der Waals surface area (Å²) in [5.74, 6) is 1.84. The first-order valence-electron chi connectivity index (χ1n) is 10.0. The molecule has 2 saturated heterocycles. The van der Waals surface area contributed by atoms with Gasteiger partial charge in [-0.15, -0.1) is 0 Å². The Hall–Kier alpha value is -2.01. The van der Waals surface area contributed by atoms with Crippen LogP contribution >= 0.6 is 0 Å². The number of carbonyl (C=O) groups excluding carboxylic acids is 1. The number of rotatable bonds is 4. The van der Waals surface area contributed by atoms with Crippen molar-refractivity contribution in [3.8, 4) is 5.75 Å². The normalized spacial score (nSPS) is 31.9. The molecule has 0 radical (unpaired) electrons.